The third-order valence-corrected chi connectivity index (χ3v) is 34.3. The lowest BCUT2D eigenvalue weighted by molar-refractivity contribution is -0.124. The van der Waals surface area contributed by atoms with Crippen molar-refractivity contribution in [2.75, 3.05) is 13.1 Å². The lowest BCUT2D eigenvalue weighted by Gasteiger charge is -2.34. The lowest BCUT2D eigenvalue weighted by atomic mass is 9.71. The molecule has 0 radical (unpaired) electrons. The number of amides is 2. The third-order valence-electron chi connectivity index (χ3n) is 22.1. The fourth-order valence-corrected chi connectivity index (χ4v) is 27.1. The molecule has 10 aromatic rings. The van der Waals surface area contributed by atoms with E-state index in [0.717, 1.165) is 66.1 Å². The van der Waals surface area contributed by atoms with Crippen LogP contribution in [-0.2, 0) is 22.4 Å². The molecule has 0 spiro atoms. The summed E-state index contributed by atoms with van der Waals surface area (Å²) in [5.41, 5.74) is 6.19. The Balaban J connectivity index is 0.931. The molecule has 103 heavy (non-hydrogen) atoms. The maximum absolute atomic E-state index is 16.7. The predicted molar refractivity (Wildman–Crippen MR) is 462 cm³/mol. The van der Waals surface area contributed by atoms with Gasteiger partial charge in [-0.25, -0.2) is 0 Å². The van der Waals surface area contributed by atoms with E-state index in [0.29, 0.717) is 36.1 Å². The highest BCUT2D eigenvalue weighted by Gasteiger charge is 2.50. The van der Waals surface area contributed by atoms with Crippen molar-refractivity contribution in [3.8, 4) is 78.0 Å². The first-order valence-corrected chi connectivity index (χ1v) is 48.0. The number of aryl methyl sites for hydroxylation is 1. The van der Waals surface area contributed by atoms with Crippen LogP contribution in [0.3, 0.4) is 0 Å². The maximum atomic E-state index is 16.7. The molecule has 0 aliphatic carbocycles. The molecule has 4 nitrogen and oxygen atoms in total. The molecule has 0 saturated carbocycles. The molecule has 10 aromatic heterocycles. The fraction of sp³-hybridized carbons (Fsp3) is 0.483. The van der Waals surface area contributed by atoms with Gasteiger partial charge in [-0.15, -0.1) is 113 Å². The van der Waals surface area contributed by atoms with Gasteiger partial charge >= 0.3 is 0 Å². The lowest BCUT2D eigenvalue weighted by Crippen LogP contribution is -2.34. The molecule has 3 aliphatic rings. The summed E-state index contributed by atoms with van der Waals surface area (Å²) in [7, 11) is 0. The summed E-state index contributed by atoms with van der Waals surface area (Å²) in [5, 5.41) is 4.36. The molecule has 14 heteroatoms. The van der Waals surface area contributed by atoms with E-state index >= 15 is 9.59 Å². The molecular formula is C89H108N2O2S10. The number of thiophene rings is 10. The van der Waals surface area contributed by atoms with Gasteiger partial charge in [-0.1, -0.05) is 201 Å². The Labute approximate surface area is 657 Å². The SMILES string of the molecule is CCCCCCCCC(CCCCCC)CN1C(=O)C2=C(c3ccc(-c4cc(CCCCCC)c(-c5ccc(-c6ccc(-c7cccs7)s6)s5)s4)s3)N3CC(CCCCCC)CCCCCC(CC)(CCCC)Cc4cc(sc4-c4ccc(-c5ccc(-c6cccs6)s5)s4)-c4ccc(s4)C1=C2C3=O. The Morgan fingerprint density at radius 2 is 0.893 bits per heavy atom. The number of fused-ring (bicyclic) bond motifs is 7. The minimum absolute atomic E-state index is 0.0348. The average Bonchev–Trinajstić information content (AvgIpc) is 1.55. The van der Waals surface area contributed by atoms with E-state index in [2.05, 4.69) is 171 Å². The van der Waals surface area contributed by atoms with Crippen LogP contribution in [0.1, 0.15) is 255 Å². The van der Waals surface area contributed by atoms with Gasteiger partial charge in [0.2, 0.25) is 0 Å². The van der Waals surface area contributed by atoms with Crippen molar-refractivity contribution in [1.29, 1.82) is 0 Å². The first-order chi connectivity index (χ1) is 50.6. The largest absolute Gasteiger partial charge is 0.306 e. The topological polar surface area (TPSA) is 40.6 Å². The molecule has 546 valence electrons. The van der Waals surface area contributed by atoms with Crippen LogP contribution >= 0.6 is 113 Å². The fourth-order valence-electron chi connectivity index (χ4n) is 16.2. The van der Waals surface area contributed by atoms with Gasteiger partial charge < -0.3 is 9.80 Å². The summed E-state index contributed by atoms with van der Waals surface area (Å²) in [6.45, 7) is 15.4. The molecule has 3 atom stereocenters. The zero-order valence-corrected chi connectivity index (χ0v) is 70.2. The number of carbonyl (C=O) groups excluding carboxylic acids is 2. The molecule has 0 aromatic carbocycles. The summed E-state index contributed by atoms with van der Waals surface area (Å²) in [6, 6.07) is 41.9. The van der Waals surface area contributed by atoms with Crippen LogP contribution in [0.4, 0.5) is 0 Å². The average molecular weight is 1560 g/mol. The smallest absolute Gasteiger partial charge is 0.261 e. The second-order valence-electron chi connectivity index (χ2n) is 29.7. The summed E-state index contributed by atoms with van der Waals surface area (Å²) in [5.74, 6) is 0.730. The van der Waals surface area contributed by atoms with Crippen LogP contribution in [0.2, 0.25) is 0 Å². The Kier molecular flexibility index (Phi) is 27.9. The van der Waals surface area contributed by atoms with Crippen molar-refractivity contribution in [3.05, 3.63) is 152 Å². The molecule has 2 amide bonds. The van der Waals surface area contributed by atoms with Gasteiger partial charge in [-0.05, 0) is 194 Å². The monoisotopic (exact) mass is 1560 g/mol. The molecule has 13 heterocycles. The summed E-state index contributed by atoms with van der Waals surface area (Å²) in [6.07, 6.45) is 38.2. The van der Waals surface area contributed by atoms with Crippen LogP contribution in [0, 0.1) is 17.3 Å². The Morgan fingerprint density at radius 3 is 1.48 bits per heavy atom. The van der Waals surface area contributed by atoms with Gasteiger partial charge in [-0.3, -0.25) is 9.59 Å². The molecule has 3 aliphatic heterocycles. The minimum Gasteiger partial charge on any atom is -0.306 e. The van der Waals surface area contributed by atoms with E-state index < -0.39 is 0 Å². The Hall–Kier alpha value is -4.58. The van der Waals surface area contributed by atoms with Gasteiger partial charge in [0.05, 0.1) is 32.3 Å². The van der Waals surface area contributed by atoms with Crippen molar-refractivity contribution in [1.82, 2.24) is 9.80 Å². The van der Waals surface area contributed by atoms with Crippen LogP contribution in [-0.4, -0.2) is 34.7 Å². The van der Waals surface area contributed by atoms with Gasteiger partial charge in [0.25, 0.3) is 11.8 Å². The third kappa shape index (κ3) is 18.4. The van der Waals surface area contributed by atoms with Gasteiger partial charge in [-0.2, -0.15) is 0 Å². The summed E-state index contributed by atoms with van der Waals surface area (Å²) >= 11 is 18.9. The number of unbranched alkanes of at least 4 members (excludes halogenated alkanes) is 15. The van der Waals surface area contributed by atoms with Crippen molar-refractivity contribution >= 4 is 137 Å². The van der Waals surface area contributed by atoms with Crippen LogP contribution < -0.4 is 0 Å². The molecule has 0 saturated heterocycles. The normalized spacial score (nSPS) is 17.0. The number of carbonyl (C=O) groups is 2. The quantitative estimate of drug-likeness (QED) is 0.0367. The number of hydrogen-bond donors (Lipinski definition) is 0. The summed E-state index contributed by atoms with van der Waals surface area (Å²) < 4.78 is 0. The Bertz CT molecular complexity index is 4380. The van der Waals surface area contributed by atoms with Gasteiger partial charge in [0.1, 0.15) is 0 Å². The van der Waals surface area contributed by atoms with E-state index in [1.807, 2.05) is 113 Å². The first-order valence-electron chi connectivity index (χ1n) is 39.7. The van der Waals surface area contributed by atoms with Crippen molar-refractivity contribution in [2.24, 2.45) is 17.3 Å². The molecule has 6 bridgehead atoms. The number of rotatable bonds is 36. The standard InChI is InChI=1S/C89H108N2O2S10/c1-7-13-18-22-23-27-35-61(33-25-19-14-8-2)59-90-84-76-49-45-74(99-76)80-57-64(86(103-80)78-51-47-72(101-78)70-43-41-68(97-70)66-39-32-55-95-66)58-89(12-6,52-17-11-5)53-30-24-28-36-62(34-26-20-15-9-3)60-91-83(81(87(90)92)82(84)88(91)93)75-48-44-73(98-75)79-56-63(37-29-21-16-10-4)85(102-79)77-50-46-71(100-77)69-42-40-67(96-69)65-38-31-54-94-65/h31-32,38-51,54-57,61-62H,7-30,33-37,52-53,58-60H2,1-6H3. The first kappa shape index (κ1) is 76.6. The second kappa shape index (κ2) is 37.5. The van der Waals surface area contributed by atoms with Crippen molar-refractivity contribution in [3.63, 3.8) is 0 Å². The molecule has 13 rings (SSSR count). The van der Waals surface area contributed by atoms with Crippen molar-refractivity contribution < 1.29 is 9.59 Å². The number of nitrogens with zero attached hydrogens (tertiary/aromatic N) is 2. The predicted octanol–water partition coefficient (Wildman–Crippen LogP) is 31.6. The van der Waals surface area contributed by atoms with E-state index in [-0.39, 0.29) is 17.2 Å². The summed E-state index contributed by atoms with van der Waals surface area (Å²) in [4.78, 5) is 60.9. The van der Waals surface area contributed by atoms with Gasteiger partial charge in [0.15, 0.2) is 0 Å². The van der Waals surface area contributed by atoms with Crippen LogP contribution in [0.25, 0.3) is 89.4 Å². The van der Waals surface area contributed by atoms with E-state index in [4.69, 9.17) is 0 Å². The number of hydrogen-bond acceptors (Lipinski definition) is 12. The molecular weight excluding hydrogens is 1450 g/mol. The second-order valence-corrected chi connectivity index (χ2v) is 40.2. The zero-order valence-electron chi connectivity index (χ0n) is 62.0. The van der Waals surface area contributed by atoms with Crippen molar-refractivity contribution in [2.45, 2.75) is 247 Å². The van der Waals surface area contributed by atoms with E-state index in [9.17, 15) is 0 Å². The maximum Gasteiger partial charge on any atom is 0.261 e. The Morgan fingerprint density at radius 1 is 0.427 bits per heavy atom. The van der Waals surface area contributed by atoms with Gasteiger partial charge in [0, 0.05) is 91.1 Å². The minimum atomic E-state index is 0.0348. The van der Waals surface area contributed by atoms with Crippen LogP contribution in [0.15, 0.2) is 131 Å². The molecule has 3 unspecified atom stereocenters. The zero-order chi connectivity index (χ0) is 71.1. The van der Waals surface area contributed by atoms with E-state index in [1.54, 1.807) is 0 Å². The van der Waals surface area contributed by atoms with E-state index in [1.165, 1.54) is 250 Å². The van der Waals surface area contributed by atoms with Crippen LogP contribution in [0.5, 0.6) is 0 Å². The highest BCUT2D eigenvalue weighted by molar-refractivity contribution is 7.31. The molecule has 0 fully saturated rings. The molecule has 0 N–H and O–H groups in total. The highest BCUT2D eigenvalue weighted by atomic mass is 32.1. The highest BCUT2D eigenvalue weighted by Crippen LogP contribution is 2.55.